The van der Waals surface area contributed by atoms with E-state index in [9.17, 15) is 0 Å². The lowest BCUT2D eigenvalue weighted by Gasteiger charge is -2.22. The maximum absolute atomic E-state index is 5.50. The molecule has 0 N–H and O–H groups in total. The SMILES string of the molecule is C=N/C=C\C(=C(C)OC)C(C)CCC(CCC(C)c1cnn(C)c1)c1cnc(C)nc1. The van der Waals surface area contributed by atoms with Gasteiger partial charge < -0.3 is 4.74 Å². The average molecular weight is 424 g/mol. The summed E-state index contributed by atoms with van der Waals surface area (Å²) in [4.78, 5) is 12.8. The Labute approximate surface area is 187 Å². The van der Waals surface area contributed by atoms with Crippen molar-refractivity contribution in [3.05, 3.63) is 65.3 Å². The number of hydrogen-bond donors (Lipinski definition) is 0. The summed E-state index contributed by atoms with van der Waals surface area (Å²) in [5, 5.41) is 4.32. The van der Waals surface area contributed by atoms with Crippen LogP contribution in [0, 0.1) is 12.8 Å². The molecule has 2 rings (SSSR count). The molecule has 6 heteroatoms. The minimum atomic E-state index is 0.350. The summed E-state index contributed by atoms with van der Waals surface area (Å²) in [5.74, 6) is 2.96. The lowest BCUT2D eigenvalue weighted by molar-refractivity contribution is 0.284. The van der Waals surface area contributed by atoms with E-state index in [0.29, 0.717) is 17.8 Å². The molecule has 0 aliphatic rings. The Morgan fingerprint density at radius 3 is 2.39 bits per heavy atom. The highest BCUT2D eigenvalue weighted by atomic mass is 16.5. The van der Waals surface area contributed by atoms with E-state index in [1.807, 2.05) is 50.2 Å². The van der Waals surface area contributed by atoms with E-state index in [0.717, 1.165) is 42.8 Å². The maximum atomic E-state index is 5.50. The van der Waals surface area contributed by atoms with Crippen LogP contribution in [0.5, 0.6) is 0 Å². The zero-order valence-corrected chi connectivity index (χ0v) is 19.9. The summed E-state index contributed by atoms with van der Waals surface area (Å²) in [6, 6.07) is 0. The van der Waals surface area contributed by atoms with Crippen LogP contribution in [0.25, 0.3) is 0 Å². The number of hydrogen-bond acceptors (Lipinski definition) is 5. The molecule has 2 aromatic heterocycles. The van der Waals surface area contributed by atoms with Gasteiger partial charge in [-0.25, -0.2) is 9.97 Å². The van der Waals surface area contributed by atoms with Gasteiger partial charge in [0.25, 0.3) is 0 Å². The molecule has 0 amide bonds. The van der Waals surface area contributed by atoms with Crippen LogP contribution in [0.1, 0.15) is 75.2 Å². The first-order valence-electron chi connectivity index (χ1n) is 11.0. The molecule has 0 aliphatic heterocycles. The van der Waals surface area contributed by atoms with Gasteiger partial charge in [-0.15, -0.1) is 0 Å². The van der Waals surface area contributed by atoms with Crippen molar-refractivity contribution in [1.82, 2.24) is 19.7 Å². The van der Waals surface area contributed by atoms with E-state index in [1.54, 1.807) is 13.3 Å². The van der Waals surface area contributed by atoms with Crippen LogP contribution >= 0.6 is 0 Å². The Kier molecular flexibility index (Phi) is 9.63. The highest BCUT2D eigenvalue weighted by Crippen LogP contribution is 2.33. The third-order valence-electron chi connectivity index (χ3n) is 6.07. The number of aryl methyl sites for hydroxylation is 2. The van der Waals surface area contributed by atoms with Gasteiger partial charge in [-0.2, -0.15) is 5.10 Å². The number of aromatic nitrogens is 4. The lowest BCUT2D eigenvalue weighted by atomic mass is 9.84. The molecule has 168 valence electrons. The molecule has 3 unspecified atom stereocenters. The largest absolute Gasteiger partial charge is 0.501 e. The molecule has 2 aromatic rings. The molecule has 0 fully saturated rings. The topological polar surface area (TPSA) is 65.2 Å². The number of nitrogens with zero attached hydrogens (tertiary/aromatic N) is 5. The van der Waals surface area contributed by atoms with Crippen molar-refractivity contribution in [2.75, 3.05) is 7.11 Å². The van der Waals surface area contributed by atoms with E-state index >= 15 is 0 Å². The van der Waals surface area contributed by atoms with Gasteiger partial charge in [0.05, 0.1) is 19.1 Å². The molecule has 0 aliphatic carbocycles. The summed E-state index contributed by atoms with van der Waals surface area (Å²) >= 11 is 0. The molecule has 0 spiro atoms. The Hall–Kier alpha value is -2.76. The second-order valence-electron chi connectivity index (χ2n) is 8.38. The van der Waals surface area contributed by atoms with Crippen molar-refractivity contribution in [2.45, 2.75) is 65.2 Å². The molecular weight excluding hydrogens is 386 g/mol. The molecule has 2 heterocycles. The first kappa shape index (κ1) is 24.5. The second-order valence-corrected chi connectivity index (χ2v) is 8.38. The van der Waals surface area contributed by atoms with Gasteiger partial charge in [0.2, 0.25) is 0 Å². The highest BCUT2D eigenvalue weighted by molar-refractivity contribution is 5.29. The van der Waals surface area contributed by atoms with Gasteiger partial charge in [-0.3, -0.25) is 9.67 Å². The van der Waals surface area contributed by atoms with E-state index in [-0.39, 0.29) is 0 Å². The van der Waals surface area contributed by atoms with Gasteiger partial charge in [0, 0.05) is 31.8 Å². The Balaban J connectivity index is 2.12. The molecule has 0 saturated carbocycles. The van der Waals surface area contributed by atoms with Crippen molar-refractivity contribution in [1.29, 1.82) is 0 Å². The average Bonchev–Trinajstić information content (AvgIpc) is 3.20. The zero-order chi connectivity index (χ0) is 22.8. The number of aliphatic imine (C=N–C) groups is 1. The molecule has 0 aromatic carbocycles. The fourth-order valence-electron chi connectivity index (χ4n) is 3.89. The van der Waals surface area contributed by atoms with Crippen LogP contribution in [0.4, 0.5) is 0 Å². The quantitative estimate of drug-likeness (QED) is 0.248. The molecule has 0 radical (unpaired) electrons. The lowest BCUT2D eigenvalue weighted by Crippen LogP contribution is -2.08. The predicted molar refractivity (Wildman–Crippen MR) is 127 cm³/mol. The standard InChI is InChI=1S/C25H37N5O/c1-18(24-16-29-30(6)17-24)8-10-22(23-14-27-21(4)28-15-23)11-9-19(2)25(12-13-26-5)20(3)31-7/h12-19,22H,5,8-11H2,1-4,6-7H3/b13-12-,25-20?. The second kappa shape index (κ2) is 12.2. The van der Waals surface area contributed by atoms with Crippen molar-refractivity contribution < 1.29 is 4.74 Å². The molecule has 3 atom stereocenters. The fourth-order valence-corrected chi connectivity index (χ4v) is 3.89. The number of rotatable bonds is 12. The van der Waals surface area contributed by atoms with E-state index in [2.05, 4.69) is 46.8 Å². The summed E-state index contributed by atoms with van der Waals surface area (Å²) < 4.78 is 7.37. The summed E-state index contributed by atoms with van der Waals surface area (Å²) in [6.07, 6.45) is 16.1. The molecule has 0 saturated heterocycles. The number of allylic oxidation sites excluding steroid dienone is 3. The third kappa shape index (κ3) is 7.46. The summed E-state index contributed by atoms with van der Waals surface area (Å²) in [7, 11) is 3.68. The summed E-state index contributed by atoms with van der Waals surface area (Å²) in [6.45, 7) is 12.0. The van der Waals surface area contributed by atoms with Crippen molar-refractivity contribution >= 4 is 6.72 Å². The number of methoxy groups -OCH3 is 1. The molecular formula is C25H37N5O. The molecule has 31 heavy (non-hydrogen) atoms. The maximum Gasteiger partial charge on any atom is 0.125 e. The van der Waals surface area contributed by atoms with Crippen LogP contribution in [-0.2, 0) is 11.8 Å². The van der Waals surface area contributed by atoms with E-state index in [4.69, 9.17) is 4.74 Å². The van der Waals surface area contributed by atoms with Gasteiger partial charge in [-0.1, -0.05) is 13.8 Å². The minimum absolute atomic E-state index is 0.350. The smallest absolute Gasteiger partial charge is 0.125 e. The van der Waals surface area contributed by atoms with Crippen LogP contribution in [-0.4, -0.2) is 33.6 Å². The van der Waals surface area contributed by atoms with Crippen LogP contribution in [0.3, 0.4) is 0 Å². The normalized spacial score (nSPS) is 15.4. The van der Waals surface area contributed by atoms with Crippen molar-refractivity contribution in [2.24, 2.45) is 18.0 Å². The molecule has 0 bridgehead atoms. The predicted octanol–water partition coefficient (Wildman–Crippen LogP) is 5.74. The van der Waals surface area contributed by atoms with Gasteiger partial charge in [0.15, 0.2) is 0 Å². The van der Waals surface area contributed by atoms with E-state index < -0.39 is 0 Å². The monoisotopic (exact) mass is 423 g/mol. The van der Waals surface area contributed by atoms with Gasteiger partial charge in [0.1, 0.15) is 5.82 Å². The highest BCUT2D eigenvalue weighted by Gasteiger charge is 2.19. The first-order valence-corrected chi connectivity index (χ1v) is 11.0. The third-order valence-corrected chi connectivity index (χ3v) is 6.07. The van der Waals surface area contributed by atoms with Crippen LogP contribution < -0.4 is 0 Å². The Morgan fingerprint density at radius 2 is 1.81 bits per heavy atom. The van der Waals surface area contributed by atoms with Gasteiger partial charge >= 0.3 is 0 Å². The van der Waals surface area contributed by atoms with Crippen molar-refractivity contribution in [3.8, 4) is 0 Å². The van der Waals surface area contributed by atoms with Gasteiger partial charge in [-0.05, 0) is 86.8 Å². The first-order chi connectivity index (χ1) is 14.8. The fraction of sp³-hybridized carbons (Fsp3) is 0.520. The Morgan fingerprint density at radius 1 is 1.13 bits per heavy atom. The van der Waals surface area contributed by atoms with E-state index in [1.165, 1.54) is 11.1 Å². The Bertz CT molecular complexity index is 882. The molecule has 6 nitrogen and oxygen atoms in total. The van der Waals surface area contributed by atoms with Crippen LogP contribution in [0.15, 0.2) is 53.4 Å². The minimum Gasteiger partial charge on any atom is -0.501 e. The zero-order valence-electron chi connectivity index (χ0n) is 19.9. The van der Waals surface area contributed by atoms with Crippen LogP contribution in [0.2, 0.25) is 0 Å². The summed E-state index contributed by atoms with van der Waals surface area (Å²) in [5.41, 5.74) is 3.67. The van der Waals surface area contributed by atoms with Crippen molar-refractivity contribution in [3.63, 3.8) is 0 Å². The number of ether oxygens (including phenoxy) is 1.